The standard InChI is InChI=1S/C11H11NO5/c12-10(14)6-17-11(15)7-16-9-4-2-1-3-8(9)5-13/h1-5H,6-7H2,(H2,12,14). The second kappa shape index (κ2) is 6.26. The minimum Gasteiger partial charge on any atom is -0.481 e. The molecule has 0 fully saturated rings. The summed E-state index contributed by atoms with van der Waals surface area (Å²) in [5.41, 5.74) is 5.12. The van der Waals surface area contributed by atoms with Gasteiger partial charge in [-0.3, -0.25) is 9.59 Å². The highest BCUT2D eigenvalue weighted by atomic mass is 16.6. The molecule has 0 aliphatic carbocycles. The fourth-order valence-corrected chi connectivity index (χ4v) is 1.04. The van der Waals surface area contributed by atoms with Crippen LogP contribution in [-0.4, -0.2) is 31.4 Å². The number of aldehydes is 1. The first-order valence-corrected chi connectivity index (χ1v) is 4.74. The average molecular weight is 237 g/mol. The van der Waals surface area contributed by atoms with Gasteiger partial charge in [0.25, 0.3) is 5.91 Å². The van der Waals surface area contributed by atoms with Crippen molar-refractivity contribution in [3.63, 3.8) is 0 Å². The number of primary amides is 1. The number of benzene rings is 1. The lowest BCUT2D eigenvalue weighted by Crippen LogP contribution is -2.23. The SMILES string of the molecule is NC(=O)COC(=O)COc1ccccc1C=O. The van der Waals surface area contributed by atoms with Crippen molar-refractivity contribution in [2.24, 2.45) is 5.73 Å². The Kier molecular flexibility index (Phi) is 4.68. The van der Waals surface area contributed by atoms with Crippen LogP contribution in [0.2, 0.25) is 0 Å². The summed E-state index contributed by atoms with van der Waals surface area (Å²) in [5.74, 6) is -1.20. The Bertz CT molecular complexity index is 430. The van der Waals surface area contributed by atoms with Crippen LogP contribution >= 0.6 is 0 Å². The Morgan fingerprint density at radius 2 is 1.94 bits per heavy atom. The summed E-state index contributed by atoms with van der Waals surface area (Å²) in [6.45, 7) is -0.879. The second-order valence-electron chi connectivity index (χ2n) is 3.07. The number of nitrogens with two attached hydrogens (primary N) is 1. The summed E-state index contributed by atoms with van der Waals surface area (Å²) in [7, 11) is 0. The molecule has 17 heavy (non-hydrogen) atoms. The number of amides is 1. The maximum absolute atomic E-state index is 11.1. The lowest BCUT2D eigenvalue weighted by atomic mass is 10.2. The fraction of sp³-hybridized carbons (Fsp3) is 0.182. The zero-order valence-corrected chi connectivity index (χ0v) is 8.92. The van der Waals surface area contributed by atoms with E-state index in [0.29, 0.717) is 11.8 Å². The van der Waals surface area contributed by atoms with Gasteiger partial charge in [0.05, 0.1) is 5.56 Å². The van der Waals surface area contributed by atoms with E-state index in [1.54, 1.807) is 24.3 Å². The molecule has 0 unspecified atom stereocenters. The molecule has 0 aliphatic rings. The molecular formula is C11H11NO5. The lowest BCUT2D eigenvalue weighted by molar-refractivity contribution is -0.149. The van der Waals surface area contributed by atoms with Crippen LogP contribution < -0.4 is 10.5 Å². The van der Waals surface area contributed by atoms with Gasteiger partial charge >= 0.3 is 5.97 Å². The molecule has 0 saturated heterocycles. The topological polar surface area (TPSA) is 95.7 Å². The third-order valence-electron chi connectivity index (χ3n) is 1.77. The molecule has 0 aliphatic heterocycles. The van der Waals surface area contributed by atoms with Crippen molar-refractivity contribution >= 4 is 18.2 Å². The number of carbonyl (C=O) groups is 3. The number of rotatable bonds is 6. The van der Waals surface area contributed by atoms with Crippen molar-refractivity contribution in [1.29, 1.82) is 0 Å². The Labute approximate surface area is 97.3 Å². The molecule has 0 aromatic heterocycles. The van der Waals surface area contributed by atoms with E-state index < -0.39 is 25.1 Å². The van der Waals surface area contributed by atoms with Crippen LogP contribution in [-0.2, 0) is 14.3 Å². The van der Waals surface area contributed by atoms with E-state index >= 15 is 0 Å². The van der Waals surface area contributed by atoms with Crippen molar-refractivity contribution in [2.75, 3.05) is 13.2 Å². The first-order chi connectivity index (χ1) is 8.13. The van der Waals surface area contributed by atoms with Crippen LogP contribution in [0.15, 0.2) is 24.3 Å². The van der Waals surface area contributed by atoms with Gasteiger partial charge in [0.15, 0.2) is 19.5 Å². The third kappa shape index (κ3) is 4.33. The highest BCUT2D eigenvalue weighted by Gasteiger charge is 2.08. The molecule has 1 rings (SSSR count). The van der Waals surface area contributed by atoms with Gasteiger partial charge in [-0.2, -0.15) is 0 Å². The first-order valence-electron chi connectivity index (χ1n) is 4.74. The highest BCUT2D eigenvalue weighted by Crippen LogP contribution is 2.15. The Hall–Kier alpha value is -2.37. The second-order valence-corrected chi connectivity index (χ2v) is 3.07. The van der Waals surface area contributed by atoms with Gasteiger partial charge < -0.3 is 15.2 Å². The normalized spacial score (nSPS) is 9.41. The van der Waals surface area contributed by atoms with Gasteiger partial charge in [0, 0.05) is 0 Å². The molecule has 6 heteroatoms. The molecule has 1 aromatic rings. The van der Waals surface area contributed by atoms with E-state index in [9.17, 15) is 14.4 Å². The van der Waals surface area contributed by atoms with Crippen LogP contribution in [0.25, 0.3) is 0 Å². The molecule has 0 atom stereocenters. The van der Waals surface area contributed by atoms with Crippen LogP contribution in [0.1, 0.15) is 10.4 Å². The van der Waals surface area contributed by atoms with Gasteiger partial charge in [0.1, 0.15) is 5.75 Å². The summed E-state index contributed by atoms with van der Waals surface area (Å²) < 4.78 is 9.54. The van der Waals surface area contributed by atoms with Gasteiger partial charge in [-0.1, -0.05) is 12.1 Å². The molecule has 1 aromatic carbocycles. The smallest absolute Gasteiger partial charge is 0.344 e. The molecule has 0 radical (unpaired) electrons. The van der Waals surface area contributed by atoms with Crippen molar-refractivity contribution < 1.29 is 23.9 Å². The van der Waals surface area contributed by atoms with E-state index in [-0.39, 0.29) is 5.75 Å². The zero-order chi connectivity index (χ0) is 12.7. The Morgan fingerprint density at radius 3 is 2.59 bits per heavy atom. The first kappa shape index (κ1) is 12.7. The van der Waals surface area contributed by atoms with Crippen LogP contribution in [0.5, 0.6) is 5.75 Å². The monoisotopic (exact) mass is 237 g/mol. The number of ether oxygens (including phenoxy) is 2. The molecule has 90 valence electrons. The maximum atomic E-state index is 11.1. The van der Waals surface area contributed by atoms with E-state index in [2.05, 4.69) is 4.74 Å². The number of hydrogen-bond donors (Lipinski definition) is 1. The summed E-state index contributed by atoms with van der Waals surface area (Å²) in [6.07, 6.45) is 0.615. The van der Waals surface area contributed by atoms with E-state index in [4.69, 9.17) is 10.5 Å². The number of esters is 1. The molecule has 0 saturated carbocycles. The van der Waals surface area contributed by atoms with E-state index in [1.807, 2.05) is 0 Å². The summed E-state index contributed by atoms with van der Waals surface area (Å²) in [5, 5.41) is 0. The Morgan fingerprint density at radius 1 is 1.24 bits per heavy atom. The molecule has 0 spiro atoms. The molecule has 1 amide bonds. The number of para-hydroxylation sites is 1. The van der Waals surface area contributed by atoms with Crippen LogP contribution in [0.3, 0.4) is 0 Å². The lowest BCUT2D eigenvalue weighted by Gasteiger charge is -2.07. The van der Waals surface area contributed by atoms with Crippen molar-refractivity contribution in [3.05, 3.63) is 29.8 Å². The van der Waals surface area contributed by atoms with Crippen LogP contribution in [0.4, 0.5) is 0 Å². The van der Waals surface area contributed by atoms with Crippen molar-refractivity contribution in [2.45, 2.75) is 0 Å². The van der Waals surface area contributed by atoms with Gasteiger partial charge in [-0.05, 0) is 12.1 Å². The van der Waals surface area contributed by atoms with E-state index in [0.717, 1.165) is 0 Å². The highest BCUT2D eigenvalue weighted by molar-refractivity contribution is 5.81. The van der Waals surface area contributed by atoms with E-state index in [1.165, 1.54) is 0 Å². The zero-order valence-electron chi connectivity index (χ0n) is 8.92. The Balaban J connectivity index is 2.47. The molecule has 6 nitrogen and oxygen atoms in total. The number of carbonyl (C=O) groups excluding carboxylic acids is 3. The largest absolute Gasteiger partial charge is 0.481 e. The summed E-state index contributed by atoms with van der Waals surface area (Å²) in [6, 6.07) is 6.43. The summed E-state index contributed by atoms with van der Waals surface area (Å²) in [4.78, 5) is 32.0. The average Bonchev–Trinajstić information content (AvgIpc) is 2.34. The third-order valence-corrected chi connectivity index (χ3v) is 1.77. The fourth-order valence-electron chi connectivity index (χ4n) is 1.04. The molecule has 0 heterocycles. The predicted molar refractivity (Wildman–Crippen MR) is 57.5 cm³/mol. The van der Waals surface area contributed by atoms with Crippen molar-refractivity contribution in [1.82, 2.24) is 0 Å². The quantitative estimate of drug-likeness (QED) is 0.550. The maximum Gasteiger partial charge on any atom is 0.344 e. The minimum atomic E-state index is -0.744. The summed E-state index contributed by atoms with van der Waals surface area (Å²) >= 11 is 0. The van der Waals surface area contributed by atoms with Gasteiger partial charge in [0.2, 0.25) is 0 Å². The van der Waals surface area contributed by atoms with Gasteiger partial charge in [-0.15, -0.1) is 0 Å². The molecule has 2 N–H and O–H groups in total. The van der Waals surface area contributed by atoms with Crippen molar-refractivity contribution in [3.8, 4) is 5.75 Å². The van der Waals surface area contributed by atoms with Gasteiger partial charge in [-0.25, -0.2) is 4.79 Å². The number of hydrogen-bond acceptors (Lipinski definition) is 5. The molecule has 0 bridgehead atoms. The predicted octanol–water partition coefficient (Wildman–Crippen LogP) is -0.0936. The van der Waals surface area contributed by atoms with Crippen LogP contribution in [0, 0.1) is 0 Å². The molecular weight excluding hydrogens is 226 g/mol. The minimum absolute atomic E-state index is 0.276.